The molecule has 1 fully saturated rings. The van der Waals surface area contributed by atoms with Gasteiger partial charge < -0.3 is 20.1 Å². The zero-order chi connectivity index (χ0) is 15.2. The summed E-state index contributed by atoms with van der Waals surface area (Å²) in [7, 11) is 1.47. The lowest BCUT2D eigenvalue weighted by molar-refractivity contribution is -0.136. The van der Waals surface area contributed by atoms with E-state index in [0.717, 1.165) is 12.8 Å². The number of amides is 2. The molecule has 0 spiro atoms. The Morgan fingerprint density at radius 3 is 2.90 bits per heavy atom. The monoisotopic (exact) mass is 312 g/mol. The van der Waals surface area contributed by atoms with Crippen LogP contribution in [0.3, 0.4) is 0 Å². The molecule has 0 bridgehead atoms. The van der Waals surface area contributed by atoms with Crippen LogP contribution in [0, 0.1) is 0 Å². The number of hydrogen-bond acceptors (Lipinski definition) is 4. The fourth-order valence-corrected chi connectivity index (χ4v) is 2.22. The van der Waals surface area contributed by atoms with E-state index in [1.54, 1.807) is 12.1 Å². The summed E-state index contributed by atoms with van der Waals surface area (Å²) in [4.78, 5) is 23.6. The van der Waals surface area contributed by atoms with Crippen LogP contribution in [0.2, 0.25) is 5.02 Å². The van der Waals surface area contributed by atoms with E-state index >= 15 is 0 Å². The molecule has 114 valence electrons. The topological polar surface area (TPSA) is 76.7 Å². The molecule has 2 rings (SSSR count). The zero-order valence-corrected chi connectivity index (χ0v) is 12.4. The third-order valence-electron chi connectivity index (χ3n) is 3.13. The first-order valence-corrected chi connectivity index (χ1v) is 7.02. The third-order valence-corrected chi connectivity index (χ3v) is 3.37. The van der Waals surface area contributed by atoms with Crippen LogP contribution < -0.4 is 15.4 Å². The van der Waals surface area contributed by atoms with E-state index in [9.17, 15) is 9.59 Å². The average molecular weight is 313 g/mol. The second-order valence-electron chi connectivity index (χ2n) is 4.64. The Labute approximate surface area is 127 Å². The highest BCUT2D eigenvalue weighted by Crippen LogP contribution is 2.27. The van der Waals surface area contributed by atoms with Gasteiger partial charge in [0.1, 0.15) is 5.75 Å². The van der Waals surface area contributed by atoms with Gasteiger partial charge in [-0.05, 0) is 31.0 Å². The predicted octanol–water partition coefficient (Wildman–Crippen LogP) is 1.58. The van der Waals surface area contributed by atoms with Crippen molar-refractivity contribution in [1.29, 1.82) is 0 Å². The van der Waals surface area contributed by atoms with Gasteiger partial charge >= 0.3 is 11.8 Å². The fourth-order valence-electron chi connectivity index (χ4n) is 2.05. The average Bonchev–Trinajstić information content (AvgIpc) is 2.98. The molecule has 21 heavy (non-hydrogen) atoms. The second kappa shape index (κ2) is 7.28. The van der Waals surface area contributed by atoms with Crippen LogP contribution in [0.4, 0.5) is 5.69 Å². The maximum atomic E-state index is 11.8. The molecule has 0 saturated carbocycles. The van der Waals surface area contributed by atoms with Crippen molar-refractivity contribution in [3.8, 4) is 5.75 Å². The number of methoxy groups -OCH3 is 1. The van der Waals surface area contributed by atoms with E-state index < -0.39 is 11.8 Å². The lowest BCUT2D eigenvalue weighted by Crippen LogP contribution is -2.39. The molecule has 1 saturated heterocycles. The number of hydrogen-bond donors (Lipinski definition) is 2. The summed E-state index contributed by atoms with van der Waals surface area (Å²) < 4.78 is 10.5. The minimum absolute atomic E-state index is 0.0116. The Hall–Kier alpha value is -1.79. The molecule has 1 heterocycles. The lowest BCUT2D eigenvalue weighted by Gasteiger charge is -2.12. The molecule has 7 heteroatoms. The van der Waals surface area contributed by atoms with Gasteiger partial charge in [-0.15, -0.1) is 0 Å². The van der Waals surface area contributed by atoms with Crippen molar-refractivity contribution in [3.05, 3.63) is 23.2 Å². The predicted molar refractivity (Wildman–Crippen MR) is 78.6 cm³/mol. The van der Waals surface area contributed by atoms with Gasteiger partial charge in [0.25, 0.3) is 0 Å². The lowest BCUT2D eigenvalue weighted by atomic mass is 10.2. The molecule has 0 radical (unpaired) electrons. The summed E-state index contributed by atoms with van der Waals surface area (Å²) in [6, 6.07) is 4.77. The van der Waals surface area contributed by atoms with Gasteiger partial charge in [-0.2, -0.15) is 0 Å². The first-order chi connectivity index (χ1) is 10.1. The van der Waals surface area contributed by atoms with Gasteiger partial charge in [0, 0.05) is 18.2 Å². The highest BCUT2D eigenvalue weighted by molar-refractivity contribution is 6.40. The molecule has 2 N–H and O–H groups in total. The van der Waals surface area contributed by atoms with E-state index in [-0.39, 0.29) is 6.10 Å². The molecule has 1 aliphatic rings. The minimum Gasteiger partial charge on any atom is -0.495 e. The van der Waals surface area contributed by atoms with Crippen LogP contribution in [0.25, 0.3) is 0 Å². The van der Waals surface area contributed by atoms with Gasteiger partial charge in [-0.3, -0.25) is 9.59 Å². The van der Waals surface area contributed by atoms with Gasteiger partial charge in [0.15, 0.2) is 0 Å². The highest BCUT2D eigenvalue weighted by Gasteiger charge is 2.20. The molecule has 1 atom stereocenters. The Morgan fingerprint density at radius 2 is 2.24 bits per heavy atom. The maximum absolute atomic E-state index is 11.8. The summed E-state index contributed by atoms with van der Waals surface area (Å²) in [5.74, 6) is -1.05. The van der Waals surface area contributed by atoms with E-state index in [1.165, 1.54) is 13.2 Å². The number of anilines is 1. The molecule has 0 unspecified atom stereocenters. The van der Waals surface area contributed by atoms with Crippen LogP contribution in [-0.4, -0.2) is 38.2 Å². The van der Waals surface area contributed by atoms with Crippen LogP contribution in [0.1, 0.15) is 12.8 Å². The summed E-state index contributed by atoms with van der Waals surface area (Å²) in [6.45, 7) is 1.03. The van der Waals surface area contributed by atoms with Crippen molar-refractivity contribution in [1.82, 2.24) is 5.32 Å². The molecule has 0 aliphatic carbocycles. The van der Waals surface area contributed by atoms with Gasteiger partial charge in [-0.25, -0.2) is 0 Å². The van der Waals surface area contributed by atoms with Gasteiger partial charge in [0.05, 0.1) is 18.9 Å². The Bertz CT molecular complexity index is 530. The van der Waals surface area contributed by atoms with Crippen molar-refractivity contribution in [2.24, 2.45) is 0 Å². The first kappa shape index (κ1) is 15.6. The number of rotatable bonds is 4. The van der Waals surface area contributed by atoms with Crippen molar-refractivity contribution in [3.63, 3.8) is 0 Å². The third kappa shape index (κ3) is 4.34. The van der Waals surface area contributed by atoms with Crippen LogP contribution in [0.15, 0.2) is 18.2 Å². The van der Waals surface area contributed by atoms with Gasteiger partial charge in [0.2, 0.25) is 0 Å². The normalized spacial score (nSPS) is 17.3. The number of halogens is 1. The zero-order valence-electron chi connectivity index (χ0n) is 11.6. The first-order valence-electron chi connectivity index (χ1n) is 6.64. The Kier molecular flexibility index (Phi) is 5.41. The second-order valence-corrected chi connectivity index (χ2v) is 5.08. The molecular weight excluding hydrogens is 296 g/mol. The van der Waals surface area contributed by atoms with E-state index in [4.69, 9.17) is 21.1 Å². The van der Waals surface area contributed by atoms with Crippen molar-refractivity contribution in [2.75, 3.05) is 25.6 Å². The summed E-state index contributed by atoms with van der Waals surface area (Å²) in [6.07, 6.45) is 1.86. The molecule has 0 aromatic heterocycles. The number of carbonyl (C=O) groups excluding carboxylic acids is 2. The highest BCUT2D eigenvalue weighted by atomic mass is 35.5. The SMILES string of the molecule is COc1ccc(Cl)cc1NC(=O)C(=O)NC[C@@H]1CCCO1. The van der Waals surface area contributed by atoms with Crippen molar-refractivity contribution >= 4 is 29.1 Å². The van der Waals surface area contributed by atoms with Crippen LogP contribution >= 0.6 is 11.6 Å². The smallest absolute Gasteiger partial charge is 0.313 e. The maximum Gasteiger partial charge on any atom is 0.313 e. The molecule has 1 aliphatic heterocycles. The number of carbonyl (C=O) groups is 2. The van der Waals surface area contributed by atoms with E-state index in [0.29, 0.717) is 29.6 Å². The molecule has 1 aromatic carbocycles. The van der Waals surface area contributed by atoms with Gasteiger partial charge in [-0.1, -0.05) is 11.6 Å². The standard InChI is InChI=1S/C14H17ClN2O4/c1-20-12-5-4-9(15)7-11(12)17-14(19)13(18)16-8-10-3-2-6-21-10/h4-5,7,10H,2-3,6,8H2,1H3,(H,16,18)(H,17,19)/t10-/m0/s1. The number of nitrogens with one attached hydrogen (secondary N) is 2. The minimum atomic E-state index is -0.770. The summed E-state index contributed by atoms with van der Waals surface area (Å²) in [5.41, 5.74) is 0.349. The summed E-state index contributed by atoms with van der Waals surface area (Å²) >= 11 is 5.86. The number of benzene rings is 1. The largest absolute Gasteiger partial charge is 0.495 e. The van der Waals surface area contributed by atoms with Crippen LogP contribution in [-0.2, 0) is 14.3 Å². The summed E-state index contributed by atoms with van der Waals surface area (Å²) in [5, 5.41) is 5.46. The van der Waals surface area contributed by atoms with Crippen molar-refractivity contribution in [2.45, 2.75) is 18.9 Å². The van der Waals surface area contributed by atoms with E-state index in [1.807, 2.05) is 0 Å². The van der Waals surface area contributed by atoms with E-state index in [2.05, 4.69) is 10.6 Å². The molecule has 2 amide bonds. The Balaban J connectivity index is 1.90. The molecule has 6 nitrogen and oxygen atoms in total. The molecule has 1 aromatic rings. The van der Waals surface area contributed by atoms with Crippen molar-refractivity contribution < 1.29 is 19.1 Å². The van der Waals surface area contributed by atoms with Crippen LogP contribution in [0.5, 0.6) is 5.75 Å². The molecular formula is C14H17ClN2O4. The fraction of sp³-hybridized carbons (Fsp3) is 0.429. The number of ether oxygens (including phenoxy) is 2. The Morgan fingerprint density at radius 1 is 1.43 bits per heavy atom. The quantitative estimate of drug-likeness (QED) is 0.828.